The maximum absolute atomic E-state index is 11.7. The number of nitrogens with one attached hydrogen (secondary N) is 1. The molecule has 0 spiro atoms. The molecule has 1 saturated heterocycles. The maximum Gasteiger partial charge on any atom is 0.216 e. The molecule has 3 rings (SSSR count). The smallest absolute Gasteiger partial charge is 0.216 e. The molecule has 0 saturated carbocycles. The molecule has 1 aliphatic heterocycles. The fourth-order valence-corrected chi connectivity index (χ4v) is 3.27. The van der Waals surface area contributed by atoms with Gasteiger partial charge in [0.1, 0.15) is 5.75 Å². The van der Waals surface area contributed by atoms with E-state index in [1.807, 2.05) is 18.2 Å². The third-order valence-corrected chi connectivity index (χ3v) is 4.56. The topological polar surface area (TPSA) is 81.7 Å². The molecule has 0 aliphatic carbocycles. The fourth-order valence-electron chi connectivity index (χ4n) is 2.81. The van der Waals surface area contributed by atoms with E-state index in [1.54, 1.807) is 18.2 Å². The van der Waals surface area contributed by atoms with Gasteiger partial charge in [-0.15, -0.1) is 12.6 Å². The Kier molecular flexibility index (Phi) is 5.62. The first-order valence-corrected chi connectivity index (χ1v) is 9.32. The third-order valence-electron chi connectivity index (χ3n) is 3.92. The minimum absolute atomic E-state index is 0.207. The van der Waals surface area contributed by atoms with Crippen LogP contribution in [0.4, 0.5) is 11.4 Å². The molecule has 1 atom stereocenters. The molecular weight excluding hydrogens is 360 g/mol. The summed E-state index contributed by atoms with van der Waals surface area (Å²) in [6.45, 7) is 1.63. The molecule has 0 radical (unpaired) electrons. The predicted molar refractivity (Wildman–Crippen MR) is 100 cm³/mol. The van der Waals surface area contributed by atoms with Crippen molar-refractivity contribution < 1.29 is 18.3 Å². The standard InChI is InChI=1S/C17H18N2O4S2/c20-17(24)12-10-14(18-25(21)22)16(23-13-6-2-1-3-7-13)15(11-12)19-8-4-5-9-19/h1-3,6-7,10-11,18H,4-5,8-9H2,(H,20,24)(H,21,22)/p-1. The molecule has 1 heterocycles. The van der Waals surface area contributed by atoms with Crippen molar-refractivity contribution in [2.75, 3.05) is 22.7 Å². The number of carbonyl (C=O) groups excluding carboxylic acids is 1. The zero-order valence-corrected chi connectivity index (χ0v) is 15.0. The highest BCUT2D eigenvalue weighted by atomic mass is 32.2. The minimum atomic E-state index is -2.55. The van der Waals surface area contributed by atoms with Gasteiger partial charge in [-0.1, -0.05) is 18.2 Å². The molecule has 1 N–H and O–H groups in total. The van der Waals surface area contributed by atoms with Crippen LogP contribution in [0.2, 0.25) is 0 Å². The largest absolute Gasteiger partial charge is 0.755 e. The number of hydrogen-bond acceptors (Lipinski definition) is 5. The molecule has 132 valence electrons. The Morgan fingerprint density at radius 3 is 2.48 bits per heavy atom. The molecule has 1 fully saturated rings. The van der Waals surface area contributed by atoms with Crippen molar-refractivity contribution in [1.82, 2.24) is 0 Å². The van der Waals surface area contributed by atoms with Crippen LogP contribution in [-0.4, -0.2) is 27.0 Å². The van der Waals surface area contributed by atoms with E-state index >= 15 is 0 Å². The number of thiol groups is 1. The average molecular weight is 377 g/mol. The van der Waals surface area contributed by atoms with Crippen LogP contribution in [0.25, 0.3) is 0 Å². The summed E-state index contributed by atoms with van der Waals surface area (Å²) in [6.07, 6.45) is 2.06. The number of rotatable bonds is 6. The molecule has 0 bridgehead atoms. The summed E-state index contributed by atoms with van der Waals surface area (Å²) < 4.78 is 30.7. The first kappa shape index (κ1) is 17.8. The molecule has 2 aromatic carbocycles. The molecule has 0 amide bonds. The highest BCUT2D eigenvalue weighted by Crippen LogP contribution is 2.42. The Hall–Kier alpha value is -2.03. The van der Waals surface area contributed by atoms with Crippen molar-refractivity contribution in [2.45, 2.75) is 12.8 Å². The molecule has 1 unspecified atom stereocenters. The van der Waals surface area contributed by atoms with Crippen LogP contribution >= 0.6 is 12.6 Å². The first-order valence-electron chi connectivity index (χ1n) is 7.79. The maximum atomic E-state index is 11.7. The fraction of sp³-hybridized carbons (Fsp3) is 0.235. The van der Waals surface area contributed by atoms with Gasteiger partial charge in [-0.25, -0.2) is 0 Å². The number of anilines is 2. The van der Waals surface area contributed by atoms with Crippen molar-refractivity contribution in [3.05, 3.63) is 48.0 Å². The van der Waals surface area contributed by atoms with E-state index in [9.17, 15) is 13.6 Å². The number of nitrogens with zero attached hydrogens (tertiary/aromatic N) is 1. The molecule has 0 aromatic heterocycles. The van der Waals surface area contributed by atoms with Crippen molar-refractivity contribution in [1.29, 1.82) is 0 Å². The Bertz CT molecular complexity index is 793. The summed E-state index contributed by atoms with van der Waals surface area (Å²) in [5.41, 5.74) is 1.19. The van der Waals surface area contributed by atoms with Gasteiger partial charge >= 0.3 is 0 Å². The monoisotopic (exact) mass is 377 g/mol. The van der Waals surface area contributed by atoms with Crippen LogP contribution < -0.4 is 14.4 Å². The van der Waals surface area contributed by atoms with Crippen molar-refractivity contribution in [3.63, 3.8) is 0 Å². The zero-order chi connectivity index (χ0) is 17.8. The highest BCUT2D eigenvalue weighted by Gasteiger charge is 2.22. The predicted octanol–water partition coefficient (Wildman–Crippen LogP) is 3.36. The molecule has 1 aliphatic rings. The Morgan fingerprint density at radius 2 is 1.88 bits per heavy atom. The van der Waals surface area contributed by atoms with E-state index < -0.39 is 16.4 Å². The Labute approximate surface area is 154 Å². The molecule has 6 nitrogen and oxygen atoms in total. The van der Waals surface area contributed by atoms with Gasteiger partial charge in [-0.3, -0.25) is 9.00 Å². The van der Waals surface area contributed by atoms with Crippen LogP contribution in [0.15, 0.2) is 42.5 Å². The molecule has 2 aromatic rings. The lowest BCUT2D eigenvalue weighted by Crippen LogP contribution is -2.19. The van der Waals surface area contributed by atoms with Gasteiger partial charge in [0.25, 0.3) is 0 Å². The molecule has 8 heteroatoms. The van der Waals surface area contributed by atoms with Crippen LogP contribution in [0.5, 0.6) is 11.5 Å². The Balaban J connectivity index is 2.12. The second kappa shape index (κ2) is 7.90. The van der Waals surface area contributed by atoms with Gasteiger partial charge in [0, 0.05) is 29.9 Å². The van der Waals surface area contributed by atoms with Crippen LogP contribution in [0, 0.1) is 0 Å². The summed E-state index contributed by atoms with van der Waals surface area (Å²) in [7, 11) is 0. The van der Waals surface area contributed by atoms with Gasteiger partial charge in [-0.05, 0) is 37.1 Å². The number of ether oxygens (including phenoxy) is 1. The number of carbonyl (C=O) groups is 1. The molecular formula is C17H17N2O4S2-. The summed E-state index contributed by atoms with van der Waals surface area (Å²) in [4.78, 5) is 13.8. The second-order valence-electron chi connectivity index (χ2n) is 5.62. The lowest BCUT2D eigenvalue weighted by Gasteiger charge is -2.25. The molecule has 25 heavy (non-hydrogen) atoms. The zero-order valence-electron chi connectivity index (χ0n) is 13.3. The summed E-state index contributed by atoms with van der Waals surface area (Å²) in [5, 5.41) is -0.438. The van der Waals surface area contributed by atoms with Gasteiger partial charge < -0.3 is 18.9 Å². The van der Waals surface area contributed by atoms with E-state index in [1.165, 1.54) is 6.07 Å². The number of benzene rings is 2. The average Bonchev–Trinajstić information content (AvgIpc) is 3.11. The first-order chi connectivity index (χ1) is 12.0. The summed E-state index contributed by atoms with van der Waals surface area (Å²) in [6, 6.07) is 12.2. The van der Waals surface area contributed by atoms with Gasteiger partial charge in [0.2, 0.25) is 5.12 Å². The lowest BCUT2D eigenvalue weighted by atomic mass is 10.1. The third kappa shape index (κ3) is 4.33. The van der Waals surface area contributed by atoms with Crippen molar-refractivity contribution >= 4 is 40.4 Å². The van der Waals surface area contributed by atoms with E-state index in [2.05, 4.69) is 22.3 Å². The van der Waals surface area contributed by atoms with Crippen molar-refractivity contribution in [3.8, 4) is 11.5 Å². The summed E-state index contributed by atoms with van der Waals surface area (Å²) in [5.74, 6) is 0.947. The number of para-hydroxylation sites is 1. The highest BCUT2D eigenvalue weighted by molar-refractivity contribution is 7.97. The van der Waals surface area contributed by atoms with Crippen LogP contribution in [-0.2, 0) is 11.3 Å². The lowest BCUT2D eigenvalue weighted by molar-refractivity contribution is 0.109. The normalized spacial score (nSPS) is 15.0. The SMILES string of the molecule is O=C(S)c1cc(NS(=O)[O-])c(Oc2ccccc2)c(N2CCCC2)c1. The van der Waals surface area contributed by atoms with E-state index in [0.29, 0.717) is 22.7 Å². The van der Waals surface area contributed by atoms with Gasteiger partial charge in [-0.2, -0.15) is 0 Å². The summed E-state index contributed by atoms with van der Waals surface area (Å²) >= 11 is 1.32. The number of hydrogen-bond donors (Lipinski definition) is 2. The quantitative estimate of drug-likeness (QED) is 0.596. The minimum Gasteiger partial charge on any atom is -0.755 e. The second-order valence-corrected chi connectivity index (χ2v) is 6.70. The van der Waals surface area contributed by atoms with E-state index in [4.69, 9.17) is 4.74 Å². The Morgan fingerprint density at radius 1 is 1.20 bits per heavy atom. The van der Waals surface area contributed by atoms with Crippen molar-refractivity contribution in [2.24, 2.45) is 0 Å². The van der Waals surface area contributed by atoms with Gasteiger partial charge in [0.15, 0.2) is 5.75 Å². The van der Waals surface area contributed by atoms with Crippen LogP contribution in [0.3, 0.4) is 0 Å². The van der Waals surface area contributed by atoms with Gasteiger partial charge in [0.05, 0.1) is 11.4 Å². The van der Waals surface area contributed by atoms with E-state index in [-0.39, 0.29) is 5.69 Å². The van der Waals surface area contributed by atoms with E-state index in [0.717, 1.165) is 25.9 Å². The van der Waals surface area contributed by atoms with Crippen LogP contribution in [0.1, 0.15) is 23.2 Å².